The summed E-state index contributed by atoms with van der Waals surface area (Å²) in [7, 11) is 0. The quantitative estimate of drug-likeness (QED) is 0.368. The summed E-state index contributed by atoms with van der Waals surface area (Å²) in [6, 6.07) is 7.79. The maximum atomic E-state index is 11.6. The molecule has 1 aromatic carbocycles. The Morgan fingerprint density at radius 2 is 1.82 bits per heavy atom. The predicted octanol–water partition coefficient (Wildman–Crippen LogP) is 2.34. The van der Waals surface area contributed by atoms with Crippen LogP contribution in [0.25, 0.3) is 0 Å². The minimum absolute atomic E-state index is 0.0751. The van der Waals surface area contributed by atoms with Gasteiger partial charge in [0.2, 0.25) is 12.2 Å². The first kappa shape index (κ1) is 28.2. The van der Waals surface area contributed by atoms with Gasteiger partial charge in [-0.1, -0.05) is 12.1 Å². The van der Waals surface area contributed by atoms with Gasteiger partial charge in [0.15, 0.2) is 0 Å². The molecule has 0 bridgehead atoms. The van der Waals surface area contributed by atoms with Gasteiger partial charge in [-0.15, -0.1) is 5.10 Å². The first-order valence-corrected chi connectivity index (χ1v) is 13.1. The molecule has 1 saturated heterocycles. The Kier molecular flexibility index (Phi) is 9.14. The summed E-state index contributed by atoms with van der Waals surface area (Å²) in [4.78, 5) is 11.6. The van der Waals surface area contributed by atoms with E-state index in [0.717, 1.165) is 42.0 Å². The first-order valence-electron chi connectivity index (χ1n) is 13.1. The molecule has 0 radical (unpaired) electrons. The third kappa shape index (κ3) is 6.96. The fraction of sp³-hybridized carbons (Fsp3) is 0.630. The number of aliphatic hydroxyl groups excluding tert-OH is 3. The molecule has 4 rings (SSSR count). The Morgan fingerprint density at radius 1 is 1.11 bits per heavy atom. The molecule has 0 spiro atoms. The molecule has 11 heteroatoms. The summed E-state index contributed by atoms with van der Waals surface area (Å²) in [5.41, 5.74) is 2.77. The van der Waals surface area contributed by atoms with E-state index in [1.165, 1.54) is 0 Å². The summed E-state index contributed by atoms with van der Waals surface area (Å²) in [5, 5.41) is 36.1. The molecule has 1 aromatic heterocycles. The minimum Gasteiger partial charge on any atom is -0.491 e. The van der Waals surface area contributed by atoms with E-state index in [1.807, 2.05) is 49.7 Å². The third-order valence-electron chi connectivity index (χ3n) is 6.62. The average Bonchev–Trinajstić information content (AvgIpc) is 3.65. The van der Waals surface area contributed by atoms with Gasteiger partial charge in [0.25, 0.3) is 0 Å². The van der Waals surface area contributed by atoms with Crippen LogP contribution in [0.5, 0.6) is 11.6 Å². The molecule has 1 aliphatic carbocycles. The van der Waals surface area contributed by atoms with Gasteiger partial charge in [-0.2, -0.15) is 0 Å². The second kappa shape index (κ2) is 12.3. The number of aromatic nitrogens is 2. The topological polar surface area (TPSA) is 142 Å². The SMILES string of the molecule is CCOC(=O)OC[C@H]1OC(Oc2nn(CC3CC3)c(C)c2Cc2ccc(OC(C)C)cc2)[C@H](O)[C@@H](O)[C@@H]1O. The van der Waals surface area contributed by atoms with Crippen molar-refractivity contribution in [3.05, 3.63) is 41.1 Å². The number of nitrogens with zero attached hydrogens (tertiary/aromatic N) is 2. The highest BCUT2D eigenvalue weighted by Crippen LogP contribution is 2.34. The minimum atomic E-state index is -1.59. The summed E-state index contributed by atoms with van der Waals surface area (Å²) in [5.74, 6) is 1.62. The molecular formula is C27H38N2O9. The molecule has 38 heavy (non-hydrogen) atoms. The van der Waals surface area contributed by atoms with Crippen LogP contribution in [0.4, 0.5) is 4.79 Å². The molecule has 210 valence electrons. The second-order valence-electron chi connectivity index (χ2n) is 10.1. The van der Waals surface area contributed by atoms with Crippen LogP contribution in [0.3, 0.4) is 0 Å². The second-order valence-corrected chi connectivity index (χ2v) is 10.1. The Bertz CT molecular complexity index is 1070. The monoisotopic (exact) mass is 534 g/mol. The van der Waals surface area contributed by atoms with E-state index in [9.17, 15) is 20.1 Å². The van der Waals surface area contributed by atoms with Crippen molar-refractivity contribution >= 4 is 6.16 Å². The van der Waals surface area contributed by atoms with Gasteiger partial charge < -0.3 is 39.0 Å². The lowest BCUT2D eigenvalue weighted by atomic mass is 9.99. The van der Waals surface area contributed by atoms with Gasteiger partial charge in [-0.05, 0) is 64.2 Å². The zero-order chi connectivity index (χ0) is 27.4. The molecule has 1 saturated carbocycles. The fourth-order valence-corrected chi connectivity index (χ4v) is 4.31. The van der Waals surface area contributed by atoms with E-state index in [1.54, 1.807) is 6.92 Å². The highest BCUT2D eigenvalue weighted by molar-refractivity contribution is 5.59. The summed E-state index contributed by atoms with van der Waals surface area (Å²) in [6.07, 6.45) is -5.18. The molecule has 2 aromatic rings. The van der Waals surface area contributed by atoms with Crippen LogP contribution in [-0.4, -0.2) is 81.3 Å². The zero-order valence-corrected chi connectivity index (χ0v) is 22.3. The van der Waals surface area contributed by atoms with Crippen LogP contribution >= 0.6 is 0 Å². The lowest BCUT2D eigenvalue weighted by molar-refractivity contribution is -0.278. The molecule has 2 fully saturated rings. The van der Waals surface area contributed by atoms with Crippen molar-refractivity contribution in [2.45, 2.75) is 90.3 Å². The highest BCUT2D eigenvalue weighted by Gasteiger charge is 2.46. The number of carbonyl (C=O) groups excluding carboxylic acids is 1. The predicted molar refractivity (Wildman–Crippen MR) is 135 cm³/mol. The molecule has 5 atom stereocenters. The van der Waals surface area contributed by atoms with Crippen LogP contribution in [0, 0.1) is 12.8 Å². The fourth-order valence-electron chi connectivity index (χ4n) is 4.31. The van der Waals surface area contributed by atoms with Crippen molar-refractivity contribution in [2.75, 3.05) is 13.2 Å². The van der Waals surface area contributed by atoms with Crippen LogP contribution in [0.15, 0.2) is 24.3 Å². The smallest absolute Gasteiger partial charge is 0.491 e. The zero-order valence-electron chi connectivity index (χ0n) is 22.3. The van der Waals surface area contributed by atoms with Crippen LogP contribution < -0.4 is 9.47 Å². The standard InChI is InChI=1S/C27H38N2O9/c1-5-34-27(33)35-14-21-22(30)23(31)24(32)26(37-21)38-25-20(16(4)29(28-25)13-18-6-7-18)12-17-8-10-19(11-9-17)36-15(2)3/h8-11,15,18,21-24,26,30-32H,5-7,12-14H2,1-4H3/t21-,22-,23+,24-,26?/m1/s1. The van der Waals surface area contributed by atoms with Crippen molar-refractivity contribution in [1.82, 2.24) is 9.78 Å². The van der Waals surface area contributed by atoms with Gasteiger partial charge in [-0.25, -0.2) is 4.79 Å². The molecule has 2 aliphatic rings. The molecule has 0 amide bonds. The first-order chi connectivity index (χ1) is 18.2. The molecule has 1 aliphatic heterocycles. The van der Waals surface area contributed by atoms with Crippen molar-refractivity contribution in [1.29, 1.82) is 0 Å². The Balaban J connectivity index is 1.53. The van der Waals surface area contributed by atoms with E-state index in [4.69, 9.17) is 23.7 Å². The molecule has 1 unspecified atom stereocenters. The van der Waals surface area contributed by atoms with E-state index in [2.05, 4.69) is 5.10 Å². The van der Waals surface area contributed by atoms with E-state index in [0.29, 0.717) is 12.3 Å². The van der Waals surface area contributed by atoms with Crippen LogP contribution in [-0.2, 0) is 27.2 Å². The lowest BCUT2D eigenvalue weighted by Gasteiger charge is -2.39. The molecule has 2 heterocycles. The van der Waals surface area contributed by atoms with Gasteiger partial charge in [0, 0.05) is 24.2 Å². The van der Waals surface area contributed by atoms with Crippen molar-refractivity contribution in [2.24, 2.45) is 5.92 Å². The normalized spacial score (nSPS) is 25.3. The number of benzene rings is 1. The largest absolute Gasteiger partial charge is 0.508 e. The Hall–Kier alpha value is -2.86. The summed E-state index contributed by atoms with van der Waals surface area (Å²) < 4.78 is 29.1. The van der Waals surface area contributed by atoms with Crippen LogP contribution in [0.2, 0.25) is 0 Å². The Labute approximate surface area is 222 Å². The van der Waals surface area contributed by atoms with Gasteiger partial charge in [-0.3, -0.25) is 4.68 Å². The molecule has 3 N–H and O–H groups in total. The summed E-state index contributed by atoms with van der Waals surface area (Å²) >= 11 is 0. The van der Waals surface area contributed by atoms with Crippen molar-refractivity contribution in [3.63, 3.8) is 0 Å². The number of ether oxygens (including phenoxy) is 5. The third-order valence-corrected chi connectivity index (χ3v) is 6.62. The van der Waals surface area contributed by atoms with Gasteiger partial charge in [0.05, 0.1) is 12.7 Å². The lowest BCUT2D eigenvalue weighted by Crippen LogP contribution is -2.60. The maximum absolute atomic E-state index is 11.6. The van der Waals surface area contributed by atoms with Crippen LogP contribution in [0.1, 0.15) is 50.4 Å². The molecular weight excluding hydrogens is 496 g/mol. The number of hydrogen-bond donors (Lipinski definition) is 3. The summed E-state index contributed by atoms with van der Waals surface area (Å²) in [6.45, 7) is 8.04. The van der Waals surface area contributed by atoms with Crippen molar-refractivity contribution in [3.8, 4) is 11.6 Å². The maximum Gasteiger partial charge on any atom is 0.508 e. The number of hydrogen-bond acceptors (Lipinski definition) is 10. The van der Waals surface area contributed by atoms with Gasteiger partial charge >= 0.3 is 6.16 Å². The van der Waals surface area contributed by atoms with E-state index < -0.39 is 43.5 Å². The van der Waals surface area contributed by atoms with E-state index >= 15 is 0 Å². The molecule has 11 nitrogen and oxygen atoms in total. The highest BCUT2D eigenvalue weighted by atomic mass is 16.7. The van der Waals surface area contributed by atoms with E-state index in [-0.39, 0.29) is 18.6 Å². The van der Waals surface area contributed by atoms with Crippen molar-refractivity contribution < 1.29 is 43.8 Å². The number of rotatable bonds is 11. The van der Waals surface area contributed by atoms with Gasteiger partial charge in [0.1, 0.15) is 36.8 Å². The Morgan fingerprint density at radius 3 is 2.45 bits per heavy atom. The number of aliphatic hydroxyl groups is 3. The average molecular weight is 535 g/mol. The number of carbonyl (C=O) groups is 1.